The molecule has 0 aliphatic rings. The molecule has 0 unspecified atom stereocenters. The zero-order valence-corrected chi connectivity index (χ0v) is 11.8. The highest BCUT2D eigenvalue weighted by Crippen LogP contribution is 2.32. The molecule has 0 amide bonds. The van der Waals surface area contributed by atoms with Crippen LogP contribution in [0.25, 0.3) is 0 Å². The second kappa shape index (κ2) is 5.89. The van der Waals surface area contributed by atoms with Gasteiger partial charge in [-0.15, -0.1) is 0 Å². The van der Waals surface area contributed by atoms with Crippen LogP contribution in [0.3, 0.4) is 0 Å². The molecule has 0 saturated carbocycles. The van der Waals surface area contributed by atoms with Crippen LogP contribution in [-0.4, -0.2) is 0 Å². The number of benzene rings is 2. The van der Waals surface area contributed by atoms with Gasteiger partial charge in [-0.1, -0.05) is 44.2 Å². The smallest absolute Gasteiger partial charge is 0.130 e. The number of rotatable bonds is 4. The van der Waals surface area contributed by atoms with E-state index >= 15 is 0 Å². The Kier molecular flexibility index (Phi) is 4.23. The Bertz CT molecular complexity index is 561. The van der Waals surface area contributed by atoms with Gasteiger partial charge in [0.25, 0.3) is 0 Å². The number of hydrogen-bond donors (Lipinski definition) is 1. The summed E-state index contributed by atoms with van der Waals surface area (Å²) in [6.07, 6.45) is 0. The maximum absolute atomic E-state index is 6.06. The van der Waals surface area contributed by atoms with Crippen LogP contribution in [0.1, 0.15) is 36.5 Å². The van der Waals surface area contributed by atoms with Crippen LogP contribution in [0, 0.1) is 6.92 Å². The summed E-state index contributed by atoms with van der Waals surface area (Å²) in [5, 5.41) is 0. The fourth-order valence-corrected chi connectivity index (χ4v) is 2.12. The summed E-state index contributed by atoms with van der Waals surface area (Å²) < 4.78 is 6.06. The van der Waals surface area contributed by atoms with E-state index in [-0.39, 0.29) is 0 Å². The van der Waals surface area contributed by atoms with Crippen LogP contribution in [0.2, 0.25) is 0 Å². The number of aryl methyl sites for hydroxylation is 1. The average Bonchev–Trinajstić information content (AvgIpc) is 2.41. The van der Waals surface area contributed by atoms with E-state index in [1.165, 1.54) is 5.56 Å². The highest BCUT2D eigenvalue weighted by molar-refractivity contribution is 5.43. The standard InChI is InChI=1S/C17H21NO/c1-12(2)15-6-4-5-7-17(15)19-16-9-8-14(11-18)10-13(16)3/h4-10,12H,11,18H2,1-3H3. The van der Waals surface area contributed by atoms with Crippen LogP contribution >= 0.6 is 0 Å². The van der Waals surface area contributed by atoms with Gasteiger partial charge in [0.05, 0.1) is 0 Å². The Morgan fingerprint density at radius 1 is 1.05 bits per heavy atom. The zero-order valence-electron chi connectivity index (χ0n) is 11.8. The SMILES string of the molecule is Cc1cc(CN)ccc1Oc1ccccc1C(C)C. The van der Waals surface area contributed by atoms with Gasteiger partial charge in [-0.3, -0.25) is 0 Å². The lowest BCUT2D eigenvalue weighted by Gasteiger charge is -2.15. The van der Waals surface area contributed by atoms with Crippen molar-refractivity contribution in [3.63, 3.8) is 0 Å². The Labute approximate surface area is 115 Å². The van der Waals surface area contributed by atoms with E-state index in [0.717, 1.165) is 22.6 Å². The second-order valence-electron chi connectivity index (χ2n) is 5.10. The average molecular weight is 255 g/mol. The lowest BCUT2D eigenvalue weighted by Crippen LogP contribution is -1.98. The van der Waals surface area contributed by atoms with Crippen molar-refractivity contribution in [1.29, 1.82) is 0 Å². The van der Waals surface area contributed by atoms with E-state index in [1.54, 1.807) is 0 Å². The van der Waals surface area contributed by atoms with Crippen molar-refractivity contribution in [2.75, 3.05) is 0 Å². The molecule has 0 radical (unpaired) electrons. The Balaban J connectivity index is 2.31. The van der Waals surface area contributed by atoms with Crippen molar-refractivity contribution in [2.45, 2.75) is 33.2 Å². The molecule has 2 nitrogen and oxygen atoms in total. The molecule has 2 aromatic rings. The van der Waals surface area contributed by atoms with E-state index in [1.807, 2.05) is 37.3 Å². The summed E-state index contributed by atoms with van der Waals surface area (Å²) in [4.78, 5) is 0. The molecule has 0 atom stereocenters. The molecule has 0 aromatic heterocycles. The van der Waals surface area contributed by atoms with Crippen molar-refractivity contribution in [3.8, 4) is 11.5 Å². The van der Waals surface area contributed by atoms with Crippen molar-refractivity contribution >= 4 is 0 Å². The minimum Gasteiger partial charge on any atom is -0.457 e. The monoisotopic (exact) mass is 255 g/mol. The minimum absolute atomic E-state index is 0.444. The highest BCUT2D eigenvalue weighted by Gasteiger charge is 2.09. The van der Waals surface area contributed by atoms with Crippen molar-refractivity contribution in [3.05, 3.63) is 59.2 Å². The lowest BCUT2D eigenvalue weighted by atomic mass is 10.0. The van der Waals surface area contributed by atoms with Crippen LogP contribution in [0.4, 0.5) is 0 Å². The minimum atomic E-state index is 0.444. The zero-order chi connectivity index (χ0) is 13.8. The summed E-state index contributed by atoms with van der Waals surface area (Å²) in [6.45, 7) is 6.95. The fourth-order valence-electron chi connectivity index (χ4n) is 2.12. The molecule has 2 N–H and O–H groups in total. The summed E-state index contributed by atoms with van der Waals surface area (Å²) in [7, 11) is 0. The molecule has 2 heteroatoms. The van der Waals surface area contributed by atoms with Crippen molar-refractivity contribution in [1.82, 2.24) is 0 Å². The first-order chi connectivity index (χ1) is 9.11. The van der Waals surface area contributed by atoms with Crippen molar-refractivity contribution in [2.24, 2.45) is 5.73 Å². The molecule has 0 fully saturated rings. The van der Waals surface area contributed by atoms with Gasteiger partial charge in [0.1, 0.15) is 11.5 Å². The summed E-state index contributed by atoms with van der Waals surface area (Å²) in [6, 6.07) is 14.3. The molecule has 0 aliphatic heterocycles. The van der Waals surface area contributed by atoms with E-state index in [2.05, 4.69) is 26.0 Å². The predicted octanol–water partition coefficient (Wildman–Crippen LogP) is 4.37. The van der Waals surface area contributed by atoms with Gasteiger partial charge in [0, 0.05) is 6.54 Å². The van der Waals surface area contributed by atoms with E-state index < -0.39 is 0 Å². The highest BCUT2D eigenvalue weighted by atomic mass is 16.5. The van der Waals surface area contributed by atoms with E-state index in [9.17, 15) is 0 Å². The lowest BCUT2D eigenvalue weighted by molar-refractivity contribution is 0.469. The molecule has 19 heavy (non-hydrogen) atoms. The van der Waals surface area contributed by atoms with Crippen molar-refractivity contribution < 1.29 is 4.74 Å². The normalized spacial score (nSPS) is 10.8. The van der Waals surface area contributed by atoms with E-state index in [4.69, 9.17) is 10.5 Å². The number of para-hydroxylation sites is 1. The molecule has 100 valence electrons. The Morgan fingerprint density at radius 2 is 1.79 bits per heavy atom. The van der Waals surface area contributed by atoms with Crippen LogP contribution in [0.5, 0.6) is 11.5 Å². The molecule has 2 rings (SSSR count). The maximum atomic E-state index is 6.06. The van der Waals surface area contributed by atoms with E-state index in [0.29, 0.717) is 12.5 Å². The summed E-state index contributed by atoms with van der Waals surface area (Å²) >= 11 is 0. The number of nitrogens with two attached hydrogens (primary N) is 1. The first-order valence-electron chi connectivity index (χ1n) is 6.68. The molecule has 0 aliphatic carbocycles. The van der Waals surface area contributed by atoms with Crippen LogP contribution in [0.15, 0.2) is 42.5 Å². The molecule has 0 heterocycles. The molecular weight excluding hydrogens is 234 g/mol. The van der Waals surface area contributed by atoms with Gasteiger partial charge < -0.3 is 10.5 Å². The maximum Gasteiger partial charge on any atom is 0.130 e. The Hall–Kier alpha value is -1.80. The topological polar surface area (TPSA) is 35.2 Å². The fraction of sp³-hybridized carbons (Fsp3) is 0.294. The van der Waals surface area contributed by atoms with Gasteiger partial charge in [-0.05, 0) is 41.7 Å². The van der Waals surface area contributed by atoms with Crippen LogP contribution < -0.4 is 10.5 Å². The molecule has 2 aromatic carbocycles. The third-order valence-corrected chi connectivity index (χ3v) is 3.24. The van der Waals surface area contributed by atoms with Gasteiger partial charge >= 0.3 is 0 Å². The first kappa shape index (κ1) is 13.6. The second-order valence-corrected chi connectivity index (χ2v) is 5.10. The summed E-state index contributed by atoms with van der Waals surface area (Å²) in [5.41, 5.74) is 9.11. The predicted molar refractivity (Wildman–Crippen MR) is 79.7 cm³/mol. The third-order valence-electron chi connectivity index (χ3n) is 3.24. The van der Waals surface area contributed by atoms with Gasteiger partial charge in [-0.2, -0.15) is 0 Å². The molecule has 0 spiro atoms. The first-order valence-corrected chi connectivity index (χ1v) is 6.68. The van der Waals surface area contributed by atoms with Gasteiger partial charge in [0.15, 0.2) is 0 Å². The number of hydrogen-bond acceptors (Lipinski definition) is 2. The molecule has 0 saturated heterocycles. The largest absolute Gasteiger partial charge is 0.457 e. The third kappa shape index (κ3) is 3.15. The van der Waals surface area contributed by atoms with Gasteiger partial charge in [0.2, 0.25) is 0 Å². The summed E-state index contributed by atoms with van der Waals surface area (Å²) in [5.74, 6) is 2.27. The molecule has 0 bridgehead atoms. The van der Waals surface area contributed by atoms with Crippen LogP contribution in [-0.2, 0) is 6.54 Å². The van der Waals surface area contributed by atoms with Gasteiger partial charge in [-0.25, -0.2) is 0 Å². The Morgan fingerprint density at radius 3 is 2.42 bits per heavy atom. The molecular formula is C17H21NO. The number of ether oxygens (including phenoxy) is 1. The quantitative estimate of drug-likeness (QED) is 0.880.